The van der Waals surface area contributed by atoms with Crippen LogP contribution in [0.1, 0.15) is 33.4 Å². The molecule has 1 aromatic heterocycles. The zero-order valence-corrected chi connectivity index (χ0v) is 19.6. The molecule has 3 aromatic carbocycles. The van der Waals surface area contributed by atoms with Gasteiger partial charge in [-0.1, -0.05) is 48.5 Å². The van der Waals surface area contributed by atoms with Crippen LogP contribution >= 0.6 is 0 Å². The van der Waals surface area contributed by atoms with Crippen LogP contribution in [0.15, 0.2) is 79.0 Å². The third-order valence-electron chi connectivity index (χ3n) is 6.64. The summed E-state index contributed by atoms with van der Waals surface area (Å²) < 4.78 is 21.8. The summed E-state index contributed by atoms with van der Waals surface area (Å²) in [4.78, 5) is 29.3. The molecule has 6 nitrogen and oxygen atoms in total. The van der Waals surface area contributed by atoms with Gasteiger partial charge in [0.2, 0.25) is 5.91 Å². The van der Waals surface area contributed by atoms with E-state index in [2.05, 4.69) is 5.32 Å². The number of methoxy groups -OCH3 is 1. The average Bonchev–Trinajstić information content (AvgIpc) is 3.21. The predicted molar refractivity (Wildman–Crippen MR) is 133 cm³/mol. The van der Waals surface area contributed by atoms with Gasteiger partial charge in [-0.05, 0) is 29.8 Å². The van der Waals surface area contributed by atoms with E-state index in [1.807, 2.05) is 54.2 Å². The minimum Gasteiger partial charge on any atom is -0.383 e. The number of aromatic nitrogens is 1. The van der Waals surface area contributed by atoms with Crippen molar-refractivity contribution >= 4 is 28.4 Å². The molecule has 2 atom stereocenters. The molecule has 7 heteroatoms. The quantitative estimate of drug-likeness (QED) is 0.436. The lowest BCUT2D eigenvalue weighted by atomic mass is 9.79. The summed E-state index contributed by atoms with van der Waals surface area (Å²) in [5.74, 6) is -1.81. The van der Waals surface area contributed by atoms with E-state index in [0.717, 1.165) is 16.5 Å². The fourth-order valence-electron chi connectivity index (χ4n) is 5.04. The van der Waals surface area contributed by atoms with Gasteiger partial charge in [0.1, 0.15) is 5.82 Å². The van der Waals surface area contributed by atoms with Crippen LogP contribution in [0.25, 0.3) is 10.9 Å². The number of rotatable bonds is 6. The van der Waals surface area contributed by atoms with Crippen LogP contribution in [0.5, 0.6) is 0 Å². The third-order valence-corrected chi connectivity index (χ3v) is 6.64. The molecule has 2 heterocycles. The van der Waals surface area contributed by atoms with Crippen molar-refractivity contribution in [1.29, 1.82) is 0 Å². The standard InChI is InChI=1S/C28H26FN3O3/c1-31-17-21(18-9-5-8-14-24(18)31)26-25(27(33)30-23-13-7-6-12-22(23)29)19-10-3-4-11-20(19)28(34)32(26)15-16-35-2/h3-14,17,25-26H,15-16H2,1-2H3,(H,30,33)/t25-,26-/m0/s1. The van der Waals surface area contributed by atoms with Gasteiger partial charge in [0.05, 0.1) is 24.3 Å². The number of carbonyl (C=O) groups excluding carboxylic acids is 2. The van der Waals surface area contributed by atoms with Crippen LogP contribution in [0, 0.1) is 5.82 Å². The number of carbonyl (C=O) groups is 2. The van der Waals surface area contributed by atoms with Crippen LogP contribution in [-0.4, -0.2) is 41.5 Å². The van der Waals surface area contributed by atoms with E-state index in [0.29, 0.717) is 24.3 Å². The third kappa shape index (κ3) is 3.98. The number of fused-ring (bicyclic) bond motifs is 2. The Labute approximate surface area is 202 Å². The number of ether oxygens (including phenoxy) is 1. The first-order valence-electron chi connectivity index (χ1n) is 11.5. The fourth-order valence-corrected chi connectivity index (χ4v) is 5.04. The number of para-hydroxylation sites is 2. The van der Waals surface area contributed by atoms with Crippen LogP contribution in [0.2, 0.25) is 0 Å². The molecule has 0 unspecified atom stereocenters. The Kier molecular flexibility index (Phi) is 6.09. The zero-order valence-electron chi connectivity index (χ0n) is 19.6. The lowest BCUT2D eigenvalue weighted by molar-refractivity contribution is -0.119. The fraction of sp³-hybridized carbons (Fsp3) is 0.214. The summed E-state index contributed by atoms with van der Waals surface area (Å²) in [6.07, 6.45) is 1.97. The highest BCUT2D eigenvalue weighted by molar-refractivity contribution is 6.05. The summed E-state index contributed by atoms with van der Waals surface area (Å²) in [5, 5.41) is 3.73. The highest BCUT2D eigenvalue weighted by Crippen LogP contribution is 2.45. The van der Waals surface area contributed by atoms with Crippen molar-refractivity contribution in [3.05, 3.63) is 102 Å². The molecule has 0 fully saturated rings. The molecule has 35 heavy (non-hydrogen) atoms. The van der Waals surface area contributed by atoms with Gasteiger partial charge in [-0.25, -0.2) is 4.39 Å². The average molecular weight is 472 g/mol. The van der Waals surface area contributed by atoms with Crippen LogP contribution < -0.4 is 5.32 Å². The van der Waals surface area contributed by atoms with E-state index < -0.39 is 17.8 Å². The van der Waals surface area contributed by atoms with Gasteiger partial charge >= 0.3 is 0 Å². The van der Waals surface area contributed by atoms with E-state index in [9.17, 15) is 14.0 Å². The highest BCUT2D eigenvalue weighted by atomic mass is 19.1. The van der Waals surface area contributed by atoms with Gasteiger partial charge in [0, 0.05) is 48.9 Å². The minimum absolute atomic E-state index is 0.104. The second-order valence-electron chi connectivity index (χ2n) is 8.68. The lowest BCUT2D eigenvalue weighted by Gasteiger charge is -2.41. The van der Waals surface area contributed by atoms with Crippen LogP contribution in [-0.2, 0) is 16.6 Å². The minimum atomic E-state index is -0.758. The molecule has 4 aromatic rings. The van der Waals surface area contributed by atoms with Crippen LogP contribution in [0.3, 0.4) is 0 Å². The van der Waals surface area contributed by atoms with Crippen molar-refractivity contribution < 1.29 is 18.7 Å². The molecule has 0 spiro atoms. The predicted octanol–water partition coefficient (Wildman–Crippen LogP) is 4.88. The maximum atomic E-state index is 14.5. The molecular weight excluding hydrogens is 445 g/mol. The van der Waals surface area contributed by atoms with E-state index in [1.54, 1.807) is 36.3 Å². The summed E-state index contributed by atoms with van der Waals surface area (Å²) in [6, 6.07) is 20.5. The summed E-state index contributed by atoms with van der Waals surface area (Å²) in [6.45, 7) is 0.623. The number of nitrogens with zero attached hydrogens (tertiary/aromatic N) is 2. The molecule has 5 rings (SSSR count). The first kappa shape index (κ1) is 22.8. The van der Waals surface area contributed by atoms with E-state index in [-0.39, 0.29) is 17.5 Å². The molecule has 0 saturated carbocycles. The van der Waals surface area contributed by atoms with Gasteiger partial charge in [-0.15, -0.1) is 0 Å². The molecule has 0 saturated heterocycles. The molecule has 2 amide bonds. The van der Waals surface area contributed by atoms with E-state index in [1.165, 1.54) is 12.1 Å². The number of anilines is 1. The first-order valence-corrected chi connectivity index (χ1v) is 11.5. The lowest BCUT2D eigenvalue weighted by Crippen LogP contribution is -2.47. The van der Waals surface area contributed by atoms with Crippen molar-refractivity contribution in [3.8, 4) is 0 Å². The monoisotopic (exact) mass is 471 g/mol. The Bertz CT molecular complexity index is 1410. The van der Waals surface area contributed by atoms with Gasteiger partial charge in [-0.2, -0.15) is 0 Å². The van der Waals surface area contributed by atoms with E-state index in [4.69, 9.17) is 4.74 Å². The maximum Gasteiger partial charge on any atom is 0.254 e. The molecule has 1 aliphatic heterocycles. The summed E-state index contributed by atoms with van der Waals surface area (Å²) >= 11 is 0. The first-order chi connectivity index (χ1) is 17.0. The molecule has 178 valence electrons. The molecule has 1 aliphatic rings. The van der Waals surface area contributed by atoms with Crippen molar-refractivity contribution in [2.24, 2.45) is 7.05 Å². The Morgan fingerprint density at radius 2 is 1.71 bits per heavy atom. The normalized spacial score (nSPS) is 17.5. The summed E-state index contributed by atoms with van der Waals surface area (Å²) in [5.41, 5.74) is 3.04. The number of aryl methyl sites for hydroxylation is 1. The van der Waals surface area contributed by atoms with Crippen molar-refractivity contribution in [1.82, 2.24) is 9.47 Å². The number of halogens is 1. The molecule has 0 aliphatic carbocycles. The van der Waals surface area contributed by atoms with E-state index >= 15 is 0 Å². The largest absolute Gasteiger partial charge is 0.383 e. The van der Waals surface area contributed by atoms with Crippen molar-refractivity contribution in [2.75, 3.05) is 25.6 Å². The van der Waals surface area contributed by atoms with Crippen LogP contribution in [0.4, 0.5) is 10.1 Å². The number of amides is 2. The second-order valence-corrected chi connectivity index (χ2v) is 8.68. The molecule has 0 radical (unpaired) electrons. The summed E-state index contributed by atoms with van der Waals surface area (Å²) in [7, 11) is 3.52. The number of nitrogens with one attached hydrogen (secondary N) is 1. The Balaban J connectivity index is 1.71. The number of hydrogen-bond acceptors (Lipinski definition) is 3. The van der Waals surface area contributed by atoms with Crippen molar-refractivity contribution in [3.63, 3.8) is 0 Å². The highest BCUT2D eigenvalue weighted by Gasteiger charge is 2.45. The van der Waals surface area contributed by atoms with Gasteiger partial charge in [-0.3, -0.25) is 9.59 Å². The SMILES string of the molecule is COCCN1C(=O)c2ccccc2[C@H](C(=O)Nc2ccccc2F)[C@@H]1c1cn(C)c2ccccc12. The molecule has 0 bridgehead atoms. The zero-order chi connectivity index (χ0) is 24.5. The van der Waals surface area contributed by atoms with Crippen molar-refractivity contribution in [2.45, 2.75) is 12.0 Å². The Hall–Kier alpha value is -3.97. The van der Waals surface area contributed by atoms with Gasteiger partial charge in [0.25, 0.3) is 5.91 Å². The Morgan fingerprint density at radius 1 is 1.00 bits per heavy atom. The number of benzene rings is 3. The second kappa shape index (κ2) is 9.35. The maximum absolute atomic E-state index is 14.5. The topological polar surface area (TPSA) is 63.6 Å². The van der Waals surface area contributed by atoms with Gasteiger partial charge in [0.15, 0.2) is 0 Å². The smallest absolute Gasteiger partial charge is 0.254 e. The molecular formula is C28H26FN3O3. The molecule has 1 N–H and O–H groups in total. The van der Waals surface area contributed by atoms with Gasteiger partial charge < -0.3 is 19.5 Å². The Morgan fingerprint density at radius 3 is 2.51 bits per heavy atom. The number of hydrogen-bond donors (Lipinski definition) is 1.